The zero-order chi connectivity index (χ0) is 11.0. The third kappa shape index (κ3) is 1.65. The average Bonchev–Trinajstić information content (AvgIpc) is 2.59. The Kier molecular flexibility index (Phi) is 2.67. The first kappa shape index (κ1) is 10.3. The second-order valence-corrected chi connectivity index (χ2v) is 5.06. The van der Waals surface area contributed by atoms with Crippen LogP contribution in [-0.4, -0.2) is 28.4 Å². The summed E-state index contributed by atoms with van der Waals surface area (Å²) in [6, 6.07) is 0.523. The molecule has 4 nitrogen and oxygen atoms in total. The molecule has 0 radical (unpaired) electrons. The van der Waals surface area contributed by atoms with Gasteiger partial charge >= 0.3 is 0 Å². The number of aromatic nitrogens is 3. The topological polar surface area (TPSA) is 42.7 Å². The first-order valence-corrected chi connectivity index (χ1v) is 6.48. The second kappa shape index (κ2) is 4.17. The van der Waals surface area contributed by atoms with E-state index in [0.29, 0.717) is 12.0 Å². The molecule has 1 saturated carbocycles. The van der Waals surface area contributed by atoms with Crippen molar-refractivity contribution in [2.24, 2.45) is 0 Å². The highest BCUT2D eigenvalue weighted by atomic mass is 15.4. The molecule has 2 aliphatic rings. The van der Waals surface area contributed by atoms with Crippen molar-refractivity contribution in [1.29, 1.82) is 0 Å². The van der Waals surface area contributed by atoms with Crippen molar-refractivity contribution in [2.45, 2.75) is 50.5 Å². The van der Waals surface area contributed by atoms with Crippen LogP contribution >= 0.6 is 0 Å². The van der Waals surface area contributed by atoms with Gasteiger partial charge in [0.05, 0.1) is 6.04 Å². The van der Waals surface area contributed by atoms with Gasteiger partial charge < -0.3 is 5.32 Å². The largest absolute Gasteiger partial charge is 0.318 e. The van der Waals surface area contributed by atoms with Gasteiger partial charge in [0.25, 0.3) is 0 Å². The van der Waals surface area contributed by atoms with Crippen molar-refractivity contribution in [3.05, 3.63) is 11.6 Å². The highest BCUT2D eigenvalue weighted by Gasteiger charge is 2.28. The molecule has 0 aromatic carbocycles. The molecular formula is C12H20N4. The third-order valence-corrected chi connectivity index (χ3v) is 3.91. The molecular weight excluding hydrogens is 200 g/mol. The highest BCUT2D eigenvalue weighted by molar-refractivity contribution is 5.05. The number of likely N-dealkylation sites (N-methyl/N-ethyl adjacent to an activating group) is 1. The van der Waals surface area contributed by atoms with Crippen LogP contribution in [0, 0.1) is 0 Å². The SMILES string of the molecule is CNCC1CCCc2nc(C3CCC3)nn21. The van der Waals surface area contributed by atoms with Crippen LogP contribution in [0.5, 0.6) is 0 Å². The molecule has 0 bridgehead atoms. The van der Waals surface area contributed by atoms with E-state index in [2.05, 4.69) is 10.00 Å². The monoisotopic (exact) mass is 220 g/mol. The molecule has 16 heavy (non-hydrogen) atoms. The van der Waals surface area contributed by atoms with Crippen LogP contribution < -0.4 is 5.32 Å². The standard InChI is InChI=1S/C12H20N4/c1-13-8-10-6-3-7-11-14-12(15-16(10)11)9-4-2-5-9/h9-10,13H,2-8H2,1H3. The lowest BCUT2D eigenvalue weighted by Gasteiger charge is -2.23. The predicted molar refractivity (Wildman–Crippen MR) is 62.5 cm³/mol. The van der Waals surface area contributed by atoms with E-state index in [-0.39, 0.29) is 0 Å². The Hall–Kier alpha value is -0.900. The first-order valence-electron chi connectivity index (χ1n) is 6.48. The fourth-order valence-corrected chi connectivity index (χ4v) is 2.72. The molecule has 0 saturated heterocycles. The van der Waals surface area contributed by atoms with Crippen LogP contribution in [0.3, 0.4) is 0 Å². The summed E-state index contributed by atoms with van der Waals surface area (Å²) in [6.45, 7) is 1.01. The molecule has 1 aliphatic carbocycles. The minimum Gasteiger partial charge on any atom is -0.318 e. The lowest BCUT2D eigenvalue weighted by Crippen LogP contribution is -2.27. The van der Waals surface area contributed by atoms with Crippen LogP contribution in [0.25, 0.3) is 0 Å². The molecule has 1 fully saturated rings. The van der Waals surface area contributed by atoms with Crippen LogP contribution in [-0.2, 0) is 6.42 Å². The van der Waals surface area contributed by atoms with Gasteiger partial charge in [-0.3, -0.25) is 0 Å². The van der Waals surface area contributed by atoms with Crippen LogP contribution in [0.2, 0.25) is 0 Å². The number of rotatable bonds is 3. The number of aryl methyl sites for hydroxylation is 1. The summed E-state index contributed by atoms with van der Waals surface area (Å²) in [7, 11) is 2.01. The van der Waals surface area contributed by atoms with Crippen LogP contribution in [0.4, 0.5) is 0 Å². The fourth-order valence-electron chi connectivity index (χ4n) is 2.72. The lowest BCUT2D eigenvalue weighted by molar-refractivity contribution is 0.346. The maximum Gasteiger partial charge on any atom is 0.154 e. The molecule has 1 atom stereocenters. The van der Waals surface area contributed by atoms with Gasteiger partial charge in [-0.1, -0.05) is 6.42 Å². The van der Waals surface area contributed by atoms with E-state index in [0.717, 1.165) is 18.8 Å². The molecule has 1 N–H and O–H groups in total. The molecule has 0 amide bonds. The smallest absolute Gasteiger partial charge is 0.154 e. The van der Waals surface area contributed by atoms with Gasteiger partial charge in [-0.15, -0.1) is 0 Å². The summed E-state index contributed by atoms with van der Waals surface area (Å²) in [6.07, 6.45) is 7.55. The lowest BCUT2D eigenvalue weighted by atomic mass is 9.85. The van der Waals surface area contributed by atoms with Crippen molar-refractivity contribution in [2.75, 3.05) is 13.6 Å². The van der Waals surface area contributed by atoms with E-state index in [4.69, 9.17) is 10.1 Å². The summed E-state index contributed by atoms with van der Waals surface area (Å²) in [4.78, 5) is 4.73. The second-order valence-electron chi connectivity index (χ2n) is 5.06. The van der Waals surface area contributed by atoms with E-state index in [1.807, 2.05) is 7.05 Å². The quantitative estimate of drug-likeness (QED) is 0.842. The summed E-state index contributed by atoms with van der Waals surface area (Å²) in [5.74, 6) is 2.99. The Morgan fingerprint density at radius 1 is 1.31 bits per heavy atom. The zero-order valence-electron chi connectivity index (χ0n) is 9.95. The minimum absolute atomic E-state index is 0.523. The maximum atomic E-state index is 4.74. The third-order valence-electron chi connectivity index (χ3n) is 3.91. The zero-order valence-corrected chi connectivity index (χ0v) is 9.95. The van der Waals surface area contributed by atoms with Crippen molar-refractivity contribution in [3.8, 4) is 0 Å². The molecule has 0 spiro atoms. The van der Waals surface area contributed by atoms with Crippen LogP contribution in [0.15, 0.2) is 0 Å². The molecule has 2 heterocycles. The Bertz CT molecular complexity index is 367. The Morgan fingerprint density at radius 3 is 2.88 bits per heavy atom. The average molecular weight is 220 g/mol. The Balaban J connectivity index is 1.85. The molecule has 1 unspecified atom stereocenters. The molecule has 1 aromatic rings. The van der Waals surface area contributed by atoms with Gasteiger partial charge in [0.1, 0.15) is 5.82 Å². The first-order chi connectivity index (χ1) is 7.88. The van der Waals surface area contributed by atoms with Crippen molar-refractivity contribution in [1.82, 2.24) is 20.1 Å². The van der Waals surface area contributed by atoms with E-state index in [9.17, 15) is 0 Å². The molecule has 1 aliphatic heterocycles. The Morgan fingerprint density at radius 2 is 2.19 bits per heavy atom. The maximum absolute atomic E-state index is 4.74. The van der Waals surface area contributed by atoms with Crippen molar-refractivity contribution < 1.29 is 0 Å². The summed E-state index contributed by atoms with van der Waals surface area (Å²) < 4.78 is 2.19. The minimum atomic E-state index is 0.523. The molecule has 88 valence electrons. The number of nitrogens with one attached hydrogen (secondary N) is 1. The normalized spacial score (nSPS) is 25.2. The Labute approximate surface area is 96.4 Å². The molecule has 4 heteroatoms. The predicted octanol–water partition coefficient (Wildman–Crippen LogP) is 1.64. The van der Waals surface area contributed by atoms with E-state index in [1.54, 1.807) is 0 Å². The van der Waals surface area contributed by atoms with Crippen molar-refractivity contribution >= 4 is 0 Å². The fraction of sp³-hybridized carbons (Fsp3) is 0.833. The number of hydrogen-bond acceptors (Lipinski definition) is 3. The summed E-state index contributed by atoms with van der Waals surface area (Å²) >= 11 is 0. The summed E-state index contributed by atoms with van der Waals surface area (Å²) in [5.41, 5.74) is 0. The van der Waals surface area contributed by atoms with Gasteiger partial charge in [-0.2, -0.15) is 5.10 Å². The summed E-state index contributed by atoms with van der Waals surface area (Å²) in [5, 5.41) is 7.99. The number of fused-ring (bicyclic) bond motifs is 1. The number of hydrogen-bond donors (Lipinski definition) is 1. The van der Waals surface area contributed by atoms with Gasteiger partial charge in [0, 0.05) is 18.9 Å². The van der Waals surface area contributed by atoms with E-state index in [1.165, 1.54) is 37.9 Å². The van der Waals surface area contributed by atoms with E-state index < -0.39 is 0 Å². The van der Waals surface area contributed by atoms with Crippen molar-refractivity contribution in [3.63, 3.8) is 0 Å². The number of nitrogens with zero attached hydrogens (tertiary/aromatic N) is 3. The molecule has 3 rings (SSSR count). The van der Waals surface area contributed by atoms with Gasteiger partial charge in [-0.25, -0.2) is 9.67 Å². The van der Waals surface area contributed by atoms with Gasteiger partial charge in [-0.05, 0) is 32.7 Å². The highest BCUT2D eigenvalue weighted by Crippen LogP contribution is 2.35. The van der Waals surface area contributed by atoms with Gasteiger partial charge in [0.2, 0.25) is 0 Å². The van der Waals surface area contributed by atoms with E-state index >= 15 is 0 Å². The molecule has 1 aromatic heterocycles. The van der Waals surface area contributed by atoms with Gasteiger partial charge in [0.15, 0.2) is 5.82 Å². The van der Waals surface area contributed by atoms with Crippen LogP contribution in [0.1, 0.15) is 55.7 Å².